The van der Waals surface area contributed by atoms with Crippen molar-refractivity contribution in [2.24, 2.45) is 17.6 Å². The molecule has 1 aliphatic rings. The van der Waals surface area contributed by atoms with Crippen molar-refractivity contribution in [2.45, 2.75) is 45.2 Å². The SMILES string of the molecule is C=CC(=O)N(c1ccc(Cl)cc1F)[C@@H](CC(C)C)C(=O)N[C@@H](C[C@@H]1CCNC1=O)C(N)=O. The van der Waals surface area contributed by atoms with E-state index in [9.17, 15) is 23.6 Å². The van der Waals surface area contributed by atoms with Gasteiger partial charge in [0.05, 0.1) is 5.69 Å². The van der Waals surface area contributed by atoms with Crippen LogP contribution in [0.5, 0.6) is 0 Å². The van der Waals surface area contributed by atoms with Crippen molar-refractivity contribution >= 4 is 40.9 Å². The van der Waals surface area contributed by atoms with Gasteiger partial charge in [0.15, 0.2) is 0 Å². The Morgan fingerprint density at radius 1 is 1.41 bits per heavy atom. The summed E-state index contributed by atoms with van der Waals surface area (Å²) in [5.74, 6) is -3.71. The lowest BCUT2D eigenvalue weighted by Gasteiger charge is -2.32. The third-order valence-corrected chi connectivity index (χ3v) is 5.47. The molecule has 0 bridgehead atoms. The van der Waals surface area contributed by atoms with Crippen LogP contribution in [0.1, 0.15) is 33.1 Å². The number of halogens is 2. The zero-order valence-corrected chi connectivity index (χ0v) is 18.8. The second kappa shape index (κ2) is 11.1. The van der Waals surface area contributed by atoms with E-state index in [2.05, 4.69) is 17.2 Å². The maximum absolute atomic E-state index is 14.7. The molecule has 8 nitrogen and oxygen atoms in total. The average Bonchev–Trinajstić information content (AvgIpc) is 3.12. The fourth-order valence-electron chi connectivity index (χ4n) is 3.66. The van der Waals surface area contributed by atoms with Crippen molar-refractivity contribution in [3.8, 4) is 0 Å². The summed E-state index contributed by atoms with van der Waals surface area (Å²) < 4.78 is 14.7. The molecule has 0 spiro atoms. The van der Waals surface area contributed by atoms with Crippen molar-refractivity contribution in [1.82, 2.24) is 10.6 Å². The fraction of sp³-hybridized carbons (Fsp3) is 0.455. The molecule has 174 valence electrons. The number of nitrogens with one attached hydrogen (secondary N) is 2. The summed E-state index contributed by atoms with van der Waals surface area (Å²) in [7, 11) is 0. The van der Waals surface area contributed by atoms with E-state index in [1.54, 1.807) is 0 Å². The smallest absolute Gasteiger partial charge is 0.251 e. The highest BCUT2D eigenvalue weighted by atomic mass is 35.5. The first-order valence-electron chi connectivity index (χ1n) is 10.3. The summed E-state index contributed by atoms with van der Waals surface area (Å²) in [6, 6.07) is 1.46. The lowest BCUT2D eigenvalue weighted by Crippen LogP contribution is -2.55. The molecule has 0 saturated carbocycles. The molecule has 3 atom stereocenters. The molecule has 0 radical (unpaired) electrons. The van der Waals surface area contributed by atoms with Gasteiger partial charge in [-0.3, -0.25) is 24.1 Å². The zero-order valence-electron chi connectivity index (χ0n) is 18.1. The third kappa shape index (κ3) is 6.29. The molecule has 4 N–H and O–H groups in total. The van der Waals surface area contributed by atoms with E-state index >= 15 is 0 Å². The summed E-state index contributed by atoms with van der Waals surface area (Å²) in [6.45, 7) is 7.61. The van der Waals surface area contributed by atoms with Gasteiger partial charge in [-0.05, 0) is 49.5 Å². The van der Waals surface area contributed by atoms with E-state index in [-0.39, 0.29) is 35.4 Å². The van der Waals surface area contributed by atoms with Gasteiger partial charge < -0.3 is 16.4 Å². The Morgan fingerprint density at radius 2 is 2.09 bits per heavy atom. The molecule has 32 heavy (non-hydrogen) atoms. The van der Waals surface area contributed by atoms with Gasteiger partial charge in [-0.25, -0.2) is 4.39 Å². The first-order valence-corrected chi connectivity index (χ1v) is 10.7. The van der Waals surface area contributed by atoms with Gasteiger partial charge in [-0.2, -0.15) is 0 Å². The zero-order chi connectivity index (χ0) is 24.0. The van der Waals surface area contributed by atoms with Gasteiger partial charge in [-0.1, -0.05) is 32.0 Å². The van der Waals surface area contributed by atoms with Crippen LogP contribution in [0.15, 0.2) is 30.9 Å². The van der Waals surface area contributed by atoms with Crippen molar-refractivity contribution in [3.63, 3.8) is 0 Å². The van der Waals surface area contributed by atoms with Crippen LogP contribution in [0.2, 0.25) is 5.02 Å². The second-order valence-corrected chi connectivity index (χ2v) is 8.57. The van der Waals surface area contributed by atoms with Crippen molar-refractivity contribution in [2.75, 3.05) is 11.4 Å². The van der Waals surface area contributed by atoms with E-state index in [1.807, 2.05) is 13.8 Å². The maximum Gasteiger partial charge on any atom is 0.251 e. The molecule has 1 saturated heterocycles. The highest BCUT2D eigenvalue weighted by molar-refractivity contribution is 6.30. The lowest BCUT2D eigenvalue weighted by atomic mass is 9.96. The first-order chi connectivity index (χ1) is 15.0. The highest BCUT2D eigenvalue weighted by Crippen LogP contribution is 2.28. The van der Waals surface area contributed by atoms with Crippen molar-refractivity contribution in [1.29, 1.82) is 0 Å². The molecular formula is C22H28ClFN4O4. The van der Waals surface area contributed by atoms with Gasteiger partial charge >= 0.3 is 0 Å². The van der Waals surface area contributed by atoms with Crippen LogP contribution in [0.4, 0.5) is 10.1 Å². The number of nitrogens with zero attached hydrogens (tertiary/aromatic N) is 1. The van der Waals surface area contributed by atoms with Crippen molar-refractivity contribution in [3.05, 3.63) is 41.7 Å². The van der Waals surface area contributed by atoms with Crippen LogP contribution in [0.3, 0.4) is 0 Å². The standard InChI is InChI=1S/C22H28ClFN4O4/c1-4-19(29)28(17-6-5-14(23)11-15(17)24)18(9-12(2)3)22(32)27-16(20(25)30)10-13-7-8-26-21(13)31/h4-6,11-13,16,18H,1,7-10H2,2-3H3,(H2,25,30)(H,26,31)(H,27,32)/t13-,16-,18-/m0/s1. The van der Waals surface area contributed by atoms with E-state index < -0.39 is 41.5 Å². The summed E-state index contributed by atoms with van der Waals surface area (Å²) in [4.78, 5) is 50.9. The molecule has 0 aliphatic carbocycles. The van der Waals surface area contributed by atoms with E-state index in [1.165, 1.54) is 12.1 Å². The van der Waals surface area contributed by atoms with Gasteiger partial charge in [0.1, 0.15) is 17.9 Å². The fourth-order valence-corrected chi connectivity index (χ4v) is 3.82. The highest BCUT2D eigenvalue weighted by Gasteiger charge is 2.36. The topological polar surface area (TPSA) is 122 Å². The Hall–Kier alpha value is -2.94. The third-order valence-electron chi connectivity index (χ3n) is 5.23. The number of nitrogens with two attached hydrogens (primary N) is 1. The quantitative estimate of drug-likeness (QED) is 0.456. The Kier molecular flexibility index (Phi) is 8.77. The Balaban J connectivity index is 2.38. The number of carbonyl (C=O) groups excluding carboxylic acids is 4. The predicted octanol–water partition coefficient (Wildman–Crippen LogP) is 1.91. The number of primary amides is 1. The Labute approximate surface area is 191 Å². The maximum atomic E-state index is 14.7. The summed E-state index contributed by atoms with van der Waals surface area (Å²) in [5.41, 5.74) is 5.32. The predicted molar refractivity (Wildman–Crippen MR) is 119 cm³/mol. The molecular weight excluding hydrogens is 439 g/mol. The summed E-state index contributed by atoms with van der Waals surface area (Å²) >= 11 is 5.83. The van der Waals surface area contributed by atoms with Crippen LogP contribution in [0, 0.1) is 17.7 Å². The van der Waals surface area contributed by atoms with Gasteiger partial charge in [0, 0.05) is 17.5 Å². The van der Waals surface area contributed by atoms with Crippen LogP contribution in [0.25, 0.3) is 0 Å². The van der Waals surface area contributed by atoms with Crippen LogP contribution in [-0.4, -0.2) is 42.3 Å². The summed E-state index contributed by atoms with van der Waals surface area (Å²) in [6.07, 6.45) is 1.70. The number of amides is 4. The van der Waals surface area contributed by atoms with E-state index in [0.29, 0.717) is 13.0 Å². The lowest BCUT2D eigenvalue weighted by molar-refractivity contribution is -0.130. The minimum absolute atomic E-state index is 0.0337. The number of hydrogen-bond donors (Lipinski definition) is 3. The van der Waals surface area contributed by atoms with E-state index in [4.69, 9.17) is 17.3 Å². The number of hydrogen-bond acceptors (Lipinski definition) is 4. The van der Waals surface area contributed by atoms with Crippen molar-refractivity contribution < 1.29 is 23.6 Å². The van der Waals surface area contributed by atoms with E-state index in [0.717, 1.165) is 17.0 Å². The summed E-state index contributed by atoms with van der Waals surface area (Å²) in [5, 5.41) is 5.36. The minimum Gasteiger partial charge on any atom is -0.368 e. The van der Waals surface area contributed by atoms with Crippen LogP contribution < -0.4 is 21.3 Å². The molecule has 1 aromatic carbocycles. The number of anilines is 1. The first kappa shape index (κ1) is 25.3. The number of rotatable bonds is 10. The molecule has 1 heterocycles. The molecule has 1 aliphatic heterocycles. The van der Waals surface area contributed by atoms with Gasteiger partial charge in [0.25, 0.3) is 5.91 Å². The molecule has 0 aromatic heterocycles. The monoisotopic (exact) mass is 466 g/mol. The van der Waals surface area contributed by atoms with Crippen LogP contribution in [-0.2, 0) is 19.2 Å². The molecule has 10 heteroatoms. The molecule has 0 unspecified atom stereocenters. The largest absolute Gasteiger partial charge is 0.368 e. The Morgan fingerprint density at radius 3 is 2.59 bits per heavy atom. The van der Waals surface area contributed by atoms with Gasteiger partial charge in [0.2, 0.25) is 17.7 Å². The molecule has 4 amide bonds. The molecule has 1 aromatic rings. The average molecular weight is 467 g/mol. The van der Waals surface area contributed by atoms with Crippen LogP contribution >= 0.6 is 11.6 Å². The molecule has 1 fully saturated rings. The van der Waals surface area contributed by atoms with Gasteiger partial charge in [-0.15, -0.1) is 0 Å². The number of carbonyl (C=O) groups is 4. The minimum atomic E-state index is -1.16. The Bertz CT molecular complexity index is 908. The number of benzene rings is 1. The second-order valence-electron chi connectivity index (χ2n) is 8.13. The normalized spacial score (nSPS) is 17.4. The molecule has 2 rings (SSSR count).